The average molecular weight is 169 g/mol. The summed E-state index contributed by atoms with van der Waals surface area (Å²) in [6, 6.07) is 0. The second kappa shape index (κ2) is 1.87. The van der Waals surface area contributed by atoms with Crippen molar-refractivity contribution in [3.8, 4) is 0 Å². The van der Waals surface area contributed by atoms with Crippen molar-refractivity contribution in [3.05, 3.63) is 0 Å². The van der Waals surface area contributed by atoms with E-state index in [0.29, 0.717) is 12.0 Å². The van der Waals surface area contributed by atoms with Gasteiger partial charge in [0.2, 0.25) is 0 Å². The average Bonchev–Trinajstić information content (AvgIpc) is 2.67. The third kappa shape index (κ3) is 0.642. The fourth-order valence-electron chi connectivity index (χ4n) is 3.51. The Balaban J connectivity index is 1.96. The van der Waals surface area contributed by atoms with Crippen LogP contribution in [-0.2, 0) is 0 Å². The first-order valence-electron chi connectivity index (χ1n) is 5.05. The van der Waals surface area contributed by atoms with Crippen LogP contribution in [0.15, 0.2) is 0 Å². The zero-order chi connectivity index (χ0) is 8.40. The van der Waals surface area contributed by atoms with E-state index >= 15 is 0 Å². The number of rotatable bonds is 0. The summed E-state index contributed by atoms with van der Waals surface area (Å²) in [6.07, 6.45) is 4.29. The molecular formula is C10H16FN. The molecule has 2 aliphatic heterocycles. The minimum Gasteiger partial charge on any atom is -0.294 e. The molecule has 1 aliphatic carbocycles. The summed E-state index contributed by atoms with van der Waals surface area (Å²) in [4.78, 5) is 2.39. The van der Waals surface area contributed by atoms with Gasteiger partial charge in [0.1, 0.15) is 6.17 Å². The largest absolute Gasteiger partial charge is 0.294 e. The molecule has 2 saturated heterocycles. The van der Waals surface area contributed by atoms with Crippen molar-refractivity contribution in [3.63, 3.8) is 0 Å². The second-order valence-electron chi connectivity index (χ2n) is 5.05. The highest BCUT2D eigenvalue weighted by Crippen LogP contribution is 2.65. The molecular weight excluding hydrogens is 153 g/mol. The van der Waals surface area contributed by atoms with Crippen molar-refractivity contribution < 1.29 is 4.39 Å². The van der Waals surface area contributed by atoms with Gasteiger partial charge in [-0.3, -0.25) is 4.90 Å². The van der Waals surface area contributed by atoms with Gasteiger partial charge in [-0.15, -0.1) is 0 Å². The lowest BCUT2D eigenvalue weighted by Gasteiger charge is -2.33. The number of alkyl halides is 1. The van der Waals surface area contributed by atoms with Crippen molar-refractivity contribution in [2.24, 2.45) is 5.41 Å². The van der Waals surface area contributed by atoms with Gasteiger partial charge in [-0.2, -0.15) is 0 Å². The molecule has 0 aromatic carbocycles. The smallest absolute Gasteiger partial charge is 0.115 e. The Morgan fingerprint density at radius 1 is 1.33 bits per heavy atom. The Morgan fingerprint density at radius 3 is 2.75 bits per heavy atom. The van der Waals surface area contributed by atoms with Gasteiger partial charge in [0.15, 0.2) is 0 Å². The van der Waals surface area contributed by atoms with Gasteiger partial charge in [0, 0.05) is 12.1 Å². The van der Waals surface area contributed by atoms with Crippen molar-refractivity contribution in [2.45, 2.75) is 44.3 Å². The summed E-state index contributed by atoms with van der Waals surface area (Å²) in [5.41, 5.74) is 0.792. The molecule has 12 heavy (non-hydrogen) atoms. The maximum atomic E-state index is 13.2. The molecule has 1 spiro atoms. The van der Waals surface area contributed by atoms with E-state index in [1.807, 2.05) is 0 Å². The van der Waals surface area contributed by atoms with E-state index in [2.05, 4.69) is 11.8 Å². The molecule has 2 heterocycles. The van der Waals surface area contributed by atoms with E-state index < -0.39 is 6.17 Å². The highest BCUT2D eigenvalue weighted by atomic mass is 19.1. The van der Waals surface area contributed by atoms with Crippen LogP contribution in [0.4, 0.5) is 4.39 Å². The van der Waals surface area contributed by atoms with Crippen molar-refractivity contribution >= 4 is 0 Å². The molecule has 3 fully saturated rings. The number of fused-ring (bicyclic) bond motifs is 2. The van der Waals surface area contributed by atoms with Crippen molar-refractivity contribution in [2.75, 3.05) is 13.1 Å². The van der Waals surface area contributed by atoms with Crippen LogP contribution in [0, 0.1) is 5.41 Å². The molecule has 1 saturated carbocycles. The highest BCUT2D eigenvalue weighted by molar-refractivity contribution is 5.19. The lowest BCUT2D eigenvalue weighted by atomic mass is 9.82. The Hall–Kier alpha value is -0.110. The molecule has 2 atom stereocenters. The van der Waals surface area contributed by atoms with Crippen molar-refractivity contribution in [1.82, 2.24) is 4.90 Å². The number of hydrogen-bond acceptors (Lipinski definition) is 1. The molecule has 3 aliphatic rings. The van der Waals surface area contributed by atoms with Crippen LogP contribution in [0.2, 0.25) is 0 Å². The third-order valence-electron chi connectivity index (χ3n) is 4.59. The minimum atomic E-state index is -0.548. The molecule has 2 heteroatoms. The molecule has 0 bridgehead atoms. The van der Waals surface area contributed by atoms with Crippen LogP contribution in [0.25, 0.3) is 0 Å². The molecule has 1 nitrogen and oxygen atoms in total. The molecule has 3 rings (SSSR count). The number of halogens is 1. The van der Waals surface area contributed by atoms with Crippen LogP contribution in [0.5, 0.6) is 0 Å². The van der Waals surface area contributed by atoms with Crippen LogP contribution >= 0.6 is 0 Å². The molecule has 0 N–H and O–H groups in total. The number of nitrogens with zero attached hydrogens (tertiary/aromatic N) is 1. The van der Waals surface area contributed by atoms with E-state index in [1.54, 1.807) is 0 Å². The summed E-state index contributed by atoms with van der Waals surface area (Å²) >= 11 is 0. The second-order valence-corrected chi connectivity index (χ2v) is 5.05. The standard InChI is InChI=1S/C10H16FN/c1-9-6-8(11)7-12(9)5-4-10(9)2-3-10/h8H,2-7H2,1H3/t8?,9-/m1/s1. The van der Waals surface area contributed by atoms with Gasteiger partial charge in [-0.05, 0) is 44.6 Å². The maximum absolute atomic E-state index is 13.2. The summed E-state index contributed by atoms with van der Waals surface area (Å²) in [7, 11) is 0. The fourth-order valence-corrected chi connectivity index (χ4v) is 3.51. The molecule has 0 amide bonds. The van der Waals surface area contributed by atoms with E-state index in [-0.39, 0.29) is 5.54 Å². The van der Waals surface area contributed by atoms with Crippen LogP contribution < -0.4 is 0 Å². The van der Waals surface area contributed by atoms with Gasteiger partial charge >= 0.3 is 0 Å². The zero-order valence-corrected chi connectivity index (χ0v) is 7.65. The minimum absolute atomic E-state index is 0.242. The molecule has 0 radical (unpaired) electrons. The van der Waals surface area contributed by atoms with Gasteiger partial charge < -0.3 is 0 Å². The SMILES string of the molecule is C[C@]12CC(F)CN1CCC21CC1. The number of hydrogen-bond donors (Lipinski definition) is 0. The van der Waals surface area contributed by atoms with Crippen LogP contribution in [-0.4, -0.2) is 29.7 Å². The Labute approximate surface area is 72.9 Å². The van der Waals surface area contributed by atoms with Gasteiger partial charge in [0.25, 0.3) is 0 Å². The fraction of sp³-hybridized carbons (Fsp3) is 1.00. The van der Waals surface area contributed by atoms with E-state index in [0.717, 1.165) is 13.0 Å². The normalized spacial score (nSPS) is 50.0. The van der Waals surface area contributed by atoms with E-state index in [9.17, 15) is 4.39 Å². The first kappa shape index (κ1) is 7.31. The summed E-state index contributed by atoms with van der Waals surface area (Å²) in [5, 5.41) is 0. The lowest BCUT2D eigenvalue weighted by Crippen LogP contribution is -2.40. The Morgan fingerprint density at radius 2 is 2.08 bits per heavy atom. The van der Waals surface area contributed by atoms with Crippen molar-refractivity contribution in [1.29, 1.82) is 0 Å². The first-order valence-corrected chi connectivity index (χ1v) is 5.05. The van der Waals surface area contributed by atoms with Gasteiger partial charge in [-0.1, -0.05) is 0 Å². The Bertz CT molecular complexity index is 224. The summed E-state index contributed by atoms with van der Waals surface area (Å²) in [5.74, 6) is 0. The van der Waals surface area contributed by atoms with Gasteiger partial charge in [0.05, 0.1) is 0 Å². The quantitative estimate of drug-likeness (QED) is 0.536. The molecule has 0 aromatic rings. The Kier molecular flexibility index (Phi) is 1.14. The summed E-state index contributed by atoms with van der Waals surface area (Å²) < 4.78 is 13.2. The van der Waals surface area contributed by atoms with Gasteiger partial charge in [-0.25, -0.2) is 4.39 Å². The monoisotopic (exact) mass is 169 g/mol. The lowest BCUT2D eigenvalue weighted by molar-refractivity contribution is 0.159. The third-order valence-corrected chi connectivity index (χ3v) is 4.59. The highest BCUT2D eigenvalue weighted by Gasteiger charge is 2.65. The predicted octanol–water partition coefficient (Wildman–Crippen LogP) is 1.97. The molecule has 1 unspecified atom stereocenters. The van der Waals surface area contributed by atoms with Crippen LogP contribution in [0.1, 0.15) is 32.6 Å². The molecule has 0 aromatic heterocycles. The first-order chi connectivity index (χ1) is 5.66. The molecule has 68 valence electrons. The van der Waals surface area contributed by atoms with Crippen LogP contribution in [0.3, 0.4) is 0 Å². The predicted molar refractivity (Wildman–Crippen MR) is 45.8 cm³/mol. The zero-order valence-electron chi connectivity index (χ0n) is 7.65. The topological polar surface area (TPSA) is 3.24 Å². The van der Waals surface area contributed by atoms with E-state index in [1.165, 1.54) is 19.3 Å². The maximum Gasteiger partial charge on any atom is 0.115 e. The summed E-state index contributed by atoms with van der Waals surface area (Å²) in [6.45, 7) is 4.14. The van der Waals surface area contributed by atoms with E-state index in [4.69, 9.17) is 0 Å².